The molecule has 0 aromatic carbocycles. The topological polar surface area (TPSA) is 81.7 Å². The minimum Gasteiger partial charge on any atom is -0.271 e. The van der Waals surface area contributed by atoms with Gasteiger partial charge in [0.05, 0.1) is 22.5 Å². The van der Waals surface area contributed by atoms with Crippen molar-refractivity contribution in [1.82, 2.24) is 25.2 Å². The van der Waals surface area contributed by atoms with E-state index in [-0.39, 0.29) is 6.04 Å². The van der Waals surface area contributed by atoms with E-state index in [1.807, 2.05) is 25.5 Å². The summed E-state index contributed by atoms with van der Waals surface area (Å²) in [5, 5.41) is 5.08. The van der Waals surface area contributed by atoms with E-state index >= 15 is 0 Å². The summed E-state index contributed by atoms with van der Waals surface area (Å²) in [6.07, 6.45) is 4.14. The summed E-state index contributed by atoms with van der Waals surface area (Å²) in [5.74, 6) is 6.29. The standard InChI is InChI=1S/C13H19ClN6/c1-4-20-11(12(14)9(3)19-20)5-10(18-15)13-16-6-8(2)7-17-13/h6-7,10,18H,4-5,15H2,1-3H3. The highest BCUT2D eigenvalue weighted by Gasteiger charge is 2.20. The first-order valence-corrected chi connectivity index (χ1v) is 6.91. The van der Waals surface area contributed by atoms with E-state index in [1.165, 1.54) is 0 Å². The zero-order valence-corrected chi connectivity index (χ0v) is 12.6. The van der Waals surface area contributed by atoms with Crippen molar-refractivity contribution in [3.63, 3.8) is 0 Å². The lowest BCUT2D eigenvalue weighted by Gasteiger charge is -2.15. The molecule has 0 bridgehead atoms. The minimum atomic E-state index is -0.200. The van der Waals surface area contributed by atoms with Crippen LogP contribution in [0.1, 0.15) is 35.7 Å². The van der Waals surface area contributed by atoms with Crippen LogP contribution in [0.25, 0.3) is 0 Å². The molecule has 6 nitrogen and oxygen atoms in total. The number of nitrogens with zero attached hydrogens (tertiary/aromatic N) is 4. The van der Waals surface area contributed by atoms with Gasteiger partial charge in [0.2, 0.25) is 0 Å². The van der Waals surface area contributed by atoms with Gasteiger partial charge >= 0.3 is 0 Å². The number of halogens is 1. The summed E-state index contributed by atoms with van der Waals surface area (Å²) in [6, 6.07) is -0.200. The van der Waals surface area contributed by atoms with E-state index in [0.29, 0.717) is 17.3 Å². The Morgan fingerprint density at radius 1 is 1.35 bits per heavy atom. The molecule has 7 heteroatoms. The Bertz CT molecular complexity index is 577. The van der Waals surface area contributed by atoms with Crippen molar-refractivity contribution in [2.75, 3.05) is 0 Å². The van der Waals surface area contributed by atoms with Gasteiger partial charge in [-0.15, -0.1) is 0 Å². The quantitative estimate of drug-likeness (QED) is 0.648. The van der Waals surface area contributed by atoms with Crippen LogP contribution in [0.5, 0.6) is 0 Å². The highest BCUT2D eigenvalue weighted by molar-refractivity contribution is 6.31. The van der Waals surface area contributed by atoms with E-state index < -0.39 is 0 Å². The van der Waals surface area contributed by atoms with Gasteiger partial charge in [-0.2, -0.15) is 5.10 Å². The van der Waals surface area contributed by atoms with Crippen molar-refractivity contribution in [2.24, 2.45) is 5.84 Å². The molecular formula is C13H19ClN6. The predicted octanol–water partition coefficient (Wildman–Crippen LogP) is 1.71. The molecule has 0 spiro atoms. The molecule has 1 unspecified atom stereocenters. The van der Waals surface area contributed by atoms with Crippen molar-refractivity contribution < 1.29 is 0 Å². The van der Waals surface area contributed by atoms with Gasteiger partial charge < -0.3 is 0 Å². The summed E-state index contributed by atoms with van der Waals surface area (Å²) in [6.45, 7) is 6.63. The Hall–Kier alpha value is -1.50. The Morgan fingerprint density at radius 3 is 2.55 bits per heavy atom. The van der Waals surface area contributed by atoms with Gasteiger partial charge in [0.15, 0.2) is 0 Å². The van der Waals surface area contributed by atoms with Crippen molar-refractivity contribution in [1.29, 1.82) is 0 Å². The normalized spacial score (nSPS) is 12.7. The van der Waals surface area contributed by atoms with Crippen molar-refractivity contribution >= 4 is 11.6 Å². The van der Waals surface area contributed by atoms with Gasteiger partial charge in [0, 0.05) is 25.4 Å². The Kier molecular flexibility index (Phi) is 4.69. The third-order valence-corrected chi connectivity index (χ3v) is 3.66. The number of nitrogens with one attached hydrogen (secondary N) is 1. The monoisotopic (exact) mass is 294 g/mol. The van der Waals surface area contributed by atoms with Crippen molar-refractivity contribution in [3.05, 3.63) is 40.2 Å². The van der Waals surface area contributed by atoms with Crippen LogP contribution in [-0.4, -0.2) is 19.7 Å². The number of aryl methyl sites for hydroxylation is 3. The number of nitrogens with two attached hydrogens (primary N) is 1. The molecule has 2 aromatic heterocycles. The number of hydrogen-bond acceptors (Lipinski definition) is 5. The van der Waals surface area contributed by atoms with E-state index in [2.05, 4.69) is 20.5 Å². The molecule has 2 heterocycles. The van der Waals surface area contributed by atoms with Crippen LogP contribution in [0.4, 0.5) is 0 Å². The molecule has 20 heavy (non-hydrogen) atoms. The SMILES string of the molecule is CCn1nc(C)c(Cl)c1CC(NN)c1ncc(C)cn1. The molecule has 3 N–H and O–H groups in total. The zero-order chi connectivity index (χ0) is 14.7. The molecule has 1 atom stereocenters. The molecule has 2 aromatic rings. The zero-order valence-electron chi connectivity index (χ0n) is 11.9. The molecule has 0 aliphatic carbocycles. The third-order valence-electron chi connectivity index (χ3n) is 3.16. The highest BCUT2D eigenvalue weighted by atomic mass is 35.5. The lowest BCUT2D eigenvalue weighted by Crippen LogP contribution is -2.31. The first-order valence-electron chi connectivity index (χ1n) is 6.53. The lowest BCUT2D eigenvalue weighted by atomic mass is 10.1. The predicted molar refractivity (Wildman–Crippen MR) is 78.2 cm³/mol. The number of hydrazine groups is 1. The van der Waals surface area contributed by atoms with Gasteiger partial charge in [0.1, 0.15) is 5.82 Å². The fourth-order valence-corrected chi connectivity index (χ4v) is 2.28. The maximum Gasteiger partial charge on any atom is 0.146 e. The van der Waals surface area contributed by atoms with Crippen LogP contribution in [0.3, 0.4) is 0 Å². The second-order valence-corrected chi connectivity index (χ2v) is 5.08. The number of rotatable bonds is 5. The molecule has 0 saturated heterocycles. The molecule has 0 amide bonds. The Morgan fingerprint density at radius 2 is 2.00 bits per heavy atom. The van der Waals surface area contributed by atoms with E-state index in [4.69, 9.17) is 17.4 Å². The van der Waals surface area contributed by atoms with Crippen molar-refractivity contribution in [3.8, 4) is 0 Å². The van der Waals surface area contributed by atoms with E-state index in [1.54, 1.807) is 12.4 Å². The fourth-order valence-electron chi connectivity index (χ4n) is 2.06. The molecule has 0 fully saturated rings. The van der Waals surface area contributed by atoms with Crippen LogP contribution in [0.2, 0.25) is 5.02 Å². The van der Waals surface area contributed by atoms with Gasteiger partial charge in [-0.3, -0.25) is 10.5 Å². The van der Waals surface area contributed by atoms with Crippen LogP contribution < -0.4 is 11.3 Å². The van der Waals surface area contributed by atoms with Crippen LogP contribution in [0.15, 0.2) is 12.4 Å². The van der Waals surface area contributed by atoms with Gasteiger partial charge in [0.25, 0.3) is 0 Å². The maximum absolute atomic E-state index is 6.31. The highest BCUT2D eigenvalue weighted by Crippen LogP contribution is 2.24. The average molecular weight is 295 g/mol. The molecule has 0 saturated carbocycles. The Balaban J connectivity index is 2.28. The van der Waals surface area contributed by atoms with Gasteiger partial charge in [-0.05, 0) is 26.3 Å². The maximum atomic E-state index is 6.31. The first kappa shape index (κ1) is 14.9. The average Bonchev–Trinajstić information content (AvgIpc) is 2.73. The molecule has 0 aliphatic rings. The molecule has 0 radical (unpaired) electrons. The summed E-state index contributed by atoms with van der Waals surface area (Å²) < 4.78 is 1.89. The van der Waals surface area contributed by atoms with Gasteiger partial charge in [-0.25, -0.2) is 15.4 Å². The second kappa shape index (κ2) is 6.30. The van der Waals surface area contributed by atoms with Crippen LogP contribution in [-0.2, 0) is 13.0 Å². The number of aromatic nitrogens is 4. The fraction of sp³-hybridized carbons (Fsp3) is 0.462. The molecule has 0 aliphatic heterocycles. The van der Waals surface area contributed by atoms with E-state index in [0.717, 1.165) is 23.5 Å². The Labute approximate surface area is 123 Å². The molecular weight excluding hydrogens is 276 g/mol. The summed E-state index contributed by atoms with van der Waals surface area (Å²) in [4.78, 5) is 8.62. The smallest absolute Gasteiger partial charge is 0.146 e. The molecule has 108 valence electrons. The van der Waals surface area contributed by atoms with Crippen molar-refractivity contribution in [2.45, 2.75) is 39.8 Å². The van der Waals surface area contributed by atoms with Crippen LogP contribution in [0, 0.1) is 13.8 Å². The summed E-state index contributed by atoms with van der Waals surface area (Å²) >= 11 is 6.31. The van der Waals surface area contributed by atoms with E-state index in [9.17, 15) is 0 Å². The largest absolute Gasteiger partial charge is 0.271 e. The molecule has 2 rings (SSSR count). The second-order valence-electron chi connectivity index (χ2n) is 4.70. The lowest BCUT2D eigenvalue weighted by molar-refractivity contribution is 0.495. The third kappa shape index (κ3) is 2.98. The first-order chi connectivity index (χ1) is 9.56. The minimum absolute atomic E-state index is 0.200. The summed E-state index contributed by atoms with van der Waals surface area (Å²) in [7, 11) is 0. The summed E-state index contributed by atoms with van der Waals surface area (Å²) in [5.41, 5.74) is 5.53. The van der Waals surface area contributed by atoms with Gasteiger partial charge in [-0.1, -0.05) is 11.6 Å². The number of hydrogen-bond donors (Lipinski definition) is 2. The van der Waals surface area contributed by atoms with Crippen LogP contribution >= 0.6 is 11.6 Å².